The standard InChI is InChI=1S/C12H13BrN2OS/c1-16-11-3-2-8(13)6-9(11)10-7-14-12(15-10)4-5-17/h2-3,6-7,17H,4-5H2,1H3,(H,14,15). The van der Waals surface area contributed by atoms with E-state index in [2.05, 4.69) is 38.5 Å². The Kier molecular flexibility index (Phi) is 4.12. The summed E-state index contributed by atoms with van der Waals surface area (Å²) >= 11 is 7.65. The molecule has 1 aromatic heterocycles. The van der Waals surface area contributed by atoms with Crippen molar-refractivity contribution in [3.05, 3.63) is 34.7 Å². The van der Waals surface area contributed by atoms with Gasteiger partial charge in [-0.1, -0.05) is 15.9 Å². The van der Waals surface area contributed by atoms with Gasteiger partial charge in [0.25, 0.3) is 0 Å². The second kappa shape index (κ2) is 5.60. The van der Waals surface area contributed by atoms with Crippen LogP contribution in [0.15, 0.2) is 28.9 Å². The van der Waals surface area contributed by atoms with Crippen LogP contribution in [0.4, 0.5) is 0 Å². The lowest BCUT2D eigenvalue weighted by molar-refractivity contribution is 0.416. The van der Waals surface area contributed by atoms with E-state index in [-0.39, 0.29) is 0 Å². The summed E-state index contributed by atoms with van der Waals surface area (Å²) in [6.45, 7) is 0. The Morgan fingerprint density at radius 3 is 3.00 bits per heavy atom. The van der Waals surface area contributed by atoms with Gasteiger partial charge < -0.3 is 9.72 Å². The number of methoxy groups -OCH3 is 1. The number of imidazole rings is 1. The van der Waals surface area contributed by atoms with Gasteiger partial charge in [-0.3, -0.25) is 0 Å². The first kappa shape index (κ1) is 12.5. The Morgan fingerprint density at radius 1 is 1.47 bits per heavy atom. The molecule has 0 aliphatic rings. The van der Waals surface area contributed by atoms with Gasteiger partial charge in [0.1, 0.15) is 11.6 Å². The summed E-state index contributed by atoms with van der Waals surface area (Å²) in [5.74, 6) is 2.55. The van der Waals surface area contributed by atoms with E-state index in [1.54, 1.807) is 7.11 Å². The minimum atomic E-state index is 0.780. The monoisotopic (exact) mass is 312 g/mol. The van der Waals surface area contributed by atoms with Crippen molar-refractivity contribution in [1.82, 2.24) is 9.97 Å². The van der Waals surface area contributed by atoms with Crippen molar-refractivity contribution in [2.45, 2.75) is 6.42 Å². The van der Waals surface area contributed by atoms with Crippen LogP contribution in [0, 0.1) is 0 Å². The molecule has 90 valence electrons. The molecule has 0 saturated carbocycles. The highest BCUT2D eigenvalue weighted by molar-refractivity contribution is 9.10. The quantitative estimate of drug-likeness (QED) is 0.850. The minimum absolute atomic E-state index is 0.780. The molecule has 2 aromatic rings. The van der Waals surface area contributed by atoms with E-state index in [9.17, 15) is 0 Å². The first-order valence-corrected chi connectivity index (χ1v) is 6.66. The third-order valence-corrected chi connectivity index (χ3v) is 3.15. The molecule has 0 radical (unpaired) electrons. The molecule has 0 fully saturated rings. The maximum Gasteiger partial charge on any atom is 0.128 e. The van der Waals surface area contributed by atoms with Crippen LogP contribution in [-0.4, -0.2) is 22.8 Å². The molecule has 1 aromatic carbocycles. The van der Waals surface area contributed by atoms with Crippen molar-refractivity contribution in [1.29, 1.82) is 0 Å². The molecule has 0 aliphatic heterocycles. The second-order valence-electron chi connectivity index (χ2n) is 3.56. The molecule has 1 N–H and O–H groups in total. The molecule has 5 heteroatoms. The average molecular weight is 313 g/mol. The van der Waals surface area contributed by atoms with Gasteiger partial charge in [0, 0.05) is 16.5 Å². The van der Waals surface area contributed by atoms with Gasteiger partial charge in [-0.25, -0.2) is 4.98 Å². The lowest BCUT2D eigenvalue weighted by atomic mass is 10.1. The first-order chi connectivity index (χ1) is 8.24. The number of nitrogens with zero attached hydrogens (tertiary/aromatic N) is 1. The van der Waals surface area contributed by atoms with Gasteiger partial charge in [-0.15, -0.1) is 0 Å². The molecular formula is C12H13BrN2OS. The highest BCUT2D eigenvalue weighted by Gasteiger charge is 2.09. The number of aromatic nitrogens is 2. The maximum atomic E-state index is 5.34. The predicted molar refractivity (Wildman–Crippen MR) is 75.8 cm³/mol. The summed E-state index contributed by atoms with van der Waals surface area (Å²) in [6, 6.07) is 5.89. The van der Waals surface area contributed by atoms with Crippen LogP contribution in [0.5, 0.6) is 5.75 Å². The van der Waals surface area contributed by atoms with Crippen molar-refractivity contribution >= 4 is 28.6 Å². The molecule has 3 nitrogen and oxygen atoms in total. The molecule has 0 saturated heterocycles. The molecule has 0 amide bonds. The van der Waals surface area contributed by atoms with E-state index >= 15 is 0 Å². The average Bonchev–Trinajstić information content (AvgIpc) is 2.78. The van der Waals surface area contributed by atoms with E-state index in [4.69, 9.17) is 4.74 Å². The van der Waals surface area contributed by atoms with Crippen LogP contribution in [0.3, 0.4) is 0 Å². The molecule has 17 heavy (non-hydrogen) atoms. The first-order valence-electron chi connectivity index (χ1n) is 5.23. The van der Waals surface area contributed by atoms with Crippen LogP contribution in [-0.2, 0) is 6.42 Å². The number of hydrogen-bond acceptors (Lipinski definition) is 3. The number of benzene rings is 1. The van der Waals surface area contributed by atoms with Gasteiger partial charge in [-0.2, -0.15) is 12.6 Å². The smallest absolute Gasteiger partial charge is 0.128 e. The second-order valence-corrected chi connectivity index (χ2v) is 4.92. The number of thiol groups is 1. The third-order valence-electron chi connectivity index (χ3n) is 2.43. The van der Waals surface area contributed by atoms with Gasteiger partial charge >= 0.3 is 0 Å². The Hall–Kier alpha value is -0.940. The molecule has 0 atom stereocenters. The Labute approximate surface area is 114 Å². The number of nitrogens with one attached hydrogen (secondary N) is 1. The summed E-state index contributed by atoms with van der Waals surface area (Å²) in [5, 5.41) is 0. The summed E-state index contributed by atoms with van der Waals surface area (Å²) < 4.78 is 6.35. The predicted octanol–water partition coefficient (Wildman–Crippen LogP) is 3.32. The van der Waals surface area contributed by atoms with Crippen LogP contribution in [0.25, 0.3) is 11.3 Å². The highest BCUT2D eigenvalue weighted by atomic mass is 79.9. The van der Waals surface area contributed by atoms with E-state index < -0.39 is 0 Å². The molecular weight excluding hydrogens is 300 g/mol. The van der Waals surface area contributed by atoms with E-state index in [1.165, 1.54) is 0 Å². The summed E-state index contributed by atoms with van der Waals surface area (Å²) in [7, 11) is 1.66. The molecule has 1 heterocycles. The van der Waals surface area contributed by atoms with Gasteiger partial charge in [-0.05, 0) is 24.0 Å². The molecule has 0 aliphatic carbocycles. The molecule has 0 spiro atoms. The number of aryl methyl sites for hydroxylation is 1. The van der Waals surface area contributed by atoms with Gasteiger partial charge in [0.05, 0.1) is 19.0 Å². The fourth-order valence-corrected chi connectivity index (χ4v) is 2.20. The fraction of sp³-hybridized carbons (Fsp3) is 0.250. The highest BCUT2D eigenvalue weighted by Crippen LogP contribution is 2.31. The molecule has 0 unspecified atom stereocenters. The Bertz CT molecular complexity index is 513. The zero-order valence-corrected chi connectivity index (χ0v) is 11.9. The molecule has 0 bridgehead atoms. The SMILES string of the molecule is COc1ccc(Br)cc1-c1cnc(CCS)[nH]1. The largest absolute Gasteiger partial charge is 0.496 e. The van der Waals surface area contributed by atoms with Crippen molar-refractivity contribution in [3.63, 3.8) is 0 Å². The molecule has 2 rings (SSSR count). The zero-order chi connectivity index (χ0) is 12.3. The van der Waals surface area contributed by atoms with Crippen molar-refractivity contribution < 1.29 is 4.74 Å². The van der Waals surface area contributed by atoms with E-state index in [0.717, 1.165) is 39.5 Å². The number of hydrogen-bond donors (Lipinski definition) is 2. The summed E-state index contributed by atoms with van der Waals surface area (Å²) in [4.78, 5) is 7.58. The normalized spacial score (nSPS) is 10.5. The Balaban J connectivity index is 2.40. The van der Waals surface area contributed by atoms with Crippen molar-refractivity contribution in [2.75, 3.05) is 12.9 Å². The fourth-order valence-electron chi connectivity index (χ4n) is 1.62. The van der Waals surface area contributed by atoms with Crippen LogP contribution in [0.2, 0.25) is 0 Å². The number of H-pyrrole nitrogens is 1. The van der Waals surface area contributed by atoms with E-state index in [1.807, 2.05) is 24.4 Å². The Morgan fingerprint density at radius 2 is 2.29 bits per heavy atom. The summed E-state index contributed by atoms with van der Waals surface area (Å²) in [6.07, 6.45) is 2.66. The summed E-state index contributed by atoms with van der Waals surface area (Å²) in [5.41, 5.74) is 1.96. The lowest BCUT2D eigenvalue weighted by Gasteiger charge is -2.06. The lowest BCUT2D eigenvalue weighted by Crippen LogP contribution is -1.90. The number of aromatic amines is 1. The number of halogens is 1. The maximum absolute atomic E-state index is 5.34. The topological polar surface area (TPSA) is 37.9 Å². The van der Waals surface area contributed by atoms with E-state index in [0.29, 0.717) is 0 Å². The van der Waals surface area contributed by atoms with Crippen LogP contribution < -0.4 is 4.74 Å². The van der Waals surface area contributed by atoms with Crippen LogP contribution >= 0.6 is 28.6 Å². The zero-order valence-electron chi connectivity index (χ0n) is 9.40. The third kappa shape index (κ3) is 2.84. The number of rotatable bonds is 4. The van der Waals surface area contributed by atoms with Gasteiger partial charge in [0.2, 0.25) is 0 Å². The minimum Gasteiger partial charge on any atom is -0.496 e. The van der Waals surface area contributed by atoms with Crippen molar-refractivity contribution in [3.8, 4) is 17.0 Å². The van der Waals surface area contributed by atoms with Crippen LogP contribution in [0.1, 0.15) is 5.82 Å². The number of ether oxygens (including phenoxy) is 1. The van der Waals surface area contributed by atoms with Crippen molar-refractivity contribution in [2.24, 2.45) is 0 Å². The van der Waals surface area contributed by atoms with Gasteiger partial charge in [0.15, 0.2) is 0 Å².